The minimum atomic E-state index is -3.11. The van der Waals surface area contributed by atoms with Crippen LogP contribution >= 0.6 is 11.6 Å². The number of fused-ring (bicyclic) bond motifs is 1. The number of sulfonamides is 1. The Kier molecular flexibility index (Phi) is 6.72. The van der Waals surface area contributed by atoms with Gasteiger partial charge in [0.25, 0.3) is 0 Å². The van der Waals surface area contributed by atoms with Gasteiger partial charge in [-0.05, 0) is 41.5 Å². The second kappa shape index (κ2) is 9.60. The first kappa shape index (κ1) is 23.8. The molecule has 10 heteroatoms. The molecule has 1 aliphatic carbocycles. The number of hydrogen-bond acceptors (Lipinski definition) is 7. The van der Waals surface area contributed by atoms with Gasteiger partial charge in [-0.2, -0.15) is 4.31 Å². The van der Waals surface area contributed by atoms with E-state index < -0.39 is 10.0 Å². The van der Waals surface area contributed by atoms with Crippen LogP contribution in [0.25, 0.3) is 0 Å². The Balaban J connectivity index is 1.08. The van der Waals surface area contributed by atoms with Gasteiger partial charge < -0.3 is 9.64 Å². The van der Waals surface area contributed by atoms with Crippen molar-refractivity contribution in [1.82, 2.24) is 19.2 Å². The van der Waals surface area contributed by atoms with E-state index in [0.717, 1.165) is 62.0 Å². The third kappa shape index (κ3) is 5.17. The molecule has 0 spiro atoms. The number of benzene rings is 1. The molecule has 1 saturated carbocycles. The van der Waals surface area contributed by atoms with Crippen LogP contribution in [0.3, 0.4) is 0 Å². The zero-order valence-electron chi connectivity index (χ0n) is 19.7. The lowest BCUT2D eigenvalue weighted by atomic mass is 10.2. The molecule has 1 aromatic carbocycles. The first-order valence-corrected chi connectivity index (χ1v) is 14.2. The number of halogens is 1. The van der Waals surface area contributed by atoms with Gasteiger partial charge >= 0.3 is 0 Å². The van der Waals surface area contributed by atoms with Crippen molar-refractivity contribution in [2.24, 2.45) is 17.8 Å². The van der Waals surface area contributed by atoms with E-state index in [-0.39, 0.29) is 0 Å². The van der Waals surface area contributed by atoms with Gasteiger partial charge in [0.2, 0.25) is 16.0 Å². The van der Waals surface area contributed by atoms with Gasteiger partial charge in [0, 0.05) is 64.1 Å². The number of piperazine rings is 1. The number of aromatic nitrogens is 2. The van der Waals surface area contributed by atoms with Crippen LogP contribution in [-0.4, -0.2) is 79.7 Å². The van der Waals surface area contributed by atoms with Crippen molar-refractivity contribution in [3.63, 3.8) is 0 Å². The van der Waals surface area contributed by atoms with E-state index >= 15 is 0 Å². The summed E-state index contributed by atoms with van der Waals surface area (Å²) in [4.78, 5) is 13.6. The second-order valence-electron chi connectivity index (χ2n) is 9.66. The molecule has 0 N–H and O–H groups in total. The molecule has 3 aliphatic rings. The molecule has 3 fully saturated rings. The average molecular weight is 506 g/mol. The summed E-state index contributed by atoms with van der Waals surface area (Å²) < 4.78 is 31.0. The van der Waals surface area contributed by atoms with E-state index in [1.165, 1.54) is 10.6 Å². The monoisotopic (exact) mass is 505 g/mol. The lowest BCUT2D eigenvalue weighted by Crippen LogP contribution is -2.47. The Morgan fingerprint density at radius 3 is 2.32 bits per heavy atom. The minimum Gasteiger partial charge on any atom is -0.492 e. The van der Waals surface area contributed by atoms with Gasteiger partial charge in [0.1, 0.15) is 5.75 Å². The fraction of sp³-hybridized carbons (Fsp3) is 0.583. The minimum absolute atomic E-state index is 0.533. The van der Waals surface area contributed by atoms with Gasteiger partial charge in [0.05, 0.1) is 17.9 Å². The van der Waals surface area contributed by atoms with Crippen molar-refractivity contribution in [2.75, 3.05) is 57.0 Å². The van der Waals surface area contributed by atoms with E-state index in [1.54, 1.807) is 0 Å². The highest BCUT2D eigenvalue weighted by atomic mass is 35.5. The molecule has 5 rings (SSSR count). The zero-order chi connectivity index (χ0) is 23.9. The van der Waals surface area contributed by atoms with Gasteiger partial charge in [0.15, 0.2) is 0 Å². The SMILES string of the molecule is CCc1cnc(N2CC3[C@@H](COc4ccc(CN5CCN(S(C)(=O)=O)CC5)cc4Cl)[C@@H]3C2)nc1. The predicted octanol–water partition coefficient (Wildman–Crippen LogP) is 2.53. The second-order valence-corrected chi connectivity index (χ2v) is 12.0. The van der Waals surface area contributed by atoms with Crippen molar-refractivity contribution in [1.29, 1.82) is 0 Å². The summed E-state index contributed by atoms with van der Waals surface area (Å²) in [6, 6.07) is 5.97. The molecule has 0 amide bonds. The van der Waals surface area contributed by atoms with Crippen molar-refractivity contribution in [3.8, 4) is 5.75 Å². The number of aryl methyl sites for hydroxylation is 1. The maximum atomic E-state index is 11.7. The molecule has 184 valence electrons. The fourth-order valence-electron chi connectivity index (χ4n) is 5.18. The third-order valence-electron chi connectivity index (χ3n) is 7.39. The van der Waals surface area contributed by atoms with E-state index in [0.29, 0.717) is 42.5 Å². The van der Waals surface area contributed by atoms with Crippen molar-refractivity contribution in [2.45, 2.75) is 19.9 Å². The lowest BCUT2D eigenvalue weighted by molar-refractivity contribution is 0.182. The van der Waals surface area contributed by atoms with Gasteiger partial charge in [-0.3, -0.25) is 4.90 Å². The summed E-state index contributed by atoms with van der Waals surface area (Å²) >= 11 is 6.53. The molecule has 3 atom stereocenters. The Bertz CT molecular complexity index is 1110. The number of anilines is 1. The molecule has 34 heavy (non-hydrogen) atoms. The summed E-state index contributed by atoms with van der Waals surface area (Å²) in [6.45, 7) is 8.03. The van der Waals surface area contributed by atoms with Crippen LogP contribution in [0.1, 0.15) is 18.1 Å². The molecule has 1 unspecified atom stereocenters. The largest absolute Gasteiger partial charge is 0.492 e. The smallest absolute Gasteiger partial charge is 0.225 e. The molecule has 2 aromatic rings. The first-order chi connectivity index (χ1) is 16.3. The molecular weight excluding hydrogens is 474 g/mol. The molecule has 3 heterocycles. The van der Waals surface area contributed by atoms with Crippen molar-refractivity contribution < 1.29 is 13.2 Å². The van der Waals surface area contributed by atoms with Gasteiger partial charge in [-0.15, -0.1) is 0 Å². The Labute approximate surface area is 206 Å². The molecule has 1 aromatic heterocycles. The van der Waals surface area contributed by atoms with Crippen LogP contribution in [0, 0.1) is 17.8 Å². The van der Waals surface area contributed by atoms with Crippen LogP contribution in [0.15, 0.2) is 30.6 Å². The van der Waals surface area contributed by atoms with Crippen LogP contribution in [-0.2, 0) is 23.0 Å². The molecule has 8 nitrogen and oxygen atoms in total. The highest BCUT2D eigenvalue weighted by molar-refractivity contribution is 7.88. The summed E-state index contributed by atoms with van der Waals surface area (Å²) in [5.74, 6) is 3.40. The third-order valence-corrected chi connectivity index (χ3v) is 8.99. The number of rotatable bonds is 8. The normalized spacial score (nSPS) is 25.4. The highest BCUT2D eigenvalue weighted by Crippen LogP contribution is 2.52. The average Bonchev–Trinajstić information content (AvgIpc) is 3.26. The number of nitrogens with zero attached hydrogens (tertiary/aromatic N) is 5. The predicted molar refractivity (Wildman–Crippen MR) is 133 cm³/mol. The topological polar surface area (TPSA) is 78.9 Å². The number of hydrogen-bond donors (Lipinski definition) is 0. The van der Waals surface area contributed by atoms with Crippen molar-refractivity contribution >= 4 is 27.6 Å². The summed E-state index contributed by atoms with van der Waals surface area (Å²) in [5, 5.41) is 0.629. The van der Waals surface area contributed by atoms with Crippen LogP contribution in [0.4, 0.5) is 5.95 Å². The Hall–Kier alpha value is -1.94. The van der Waals surface area contributed by atoms with E-state index in [9.17, 15) is 8.42 Å². The summed E-state index contributed by atoms with van der Waals surface area (Å²) in [5.41, 5.74) is 2.27. The zero-order valence-corrected chi connectivity index (χ0v) is 21.3. The van der Waals surface area contributed by atoms with Crippen LogP contribution in [0.5, 0.6) is 5.75 Å². The van der Waals surface area contributed by atoms with Crippen LogP contribution in [0.2, 0.25) is 5.02 Å². The fourth-order valence-corrected chi connectivity index (χ4v) is 6.26. The van der Waals surface area contributed by atoms with Crippen molar-refractivity contribution in [3.05, 3.63) is 46.7 Å². The molecule has 2 aliphatic heterocycles. The Morgan fingerprint density at radius 1 is 1.06 bits per heavy atom. The van der Waals surface area contributed by atoms with Gasteiger partial charge in [-0.25, -0.2) is 18.4 Å². The highest BCUT2D eigenvalue weighted by Gasteiger charge is 2.56. The quantitative estimate of drug-likeness (QED) is 0.545. The number of piperidine rings is 1. The molecule has 2 saturated heterocycles. The van der Waals surface area contributed by atoms with E-state index in [1.807, 2.05) is 24.5 Å². The first-order valence-electron chi connectivity index (χ1n) is 12.0. The van der Waals surface area contributed by atoms with Crippen LogP contribution < -0.4 is 9.64 Å². The van der Waals surface area contributed by atoms with E-state index in [2.05, 4.69) is 32.8 Å². The summed E-state index contributed by atoms with van der Waals surface area (Å²) in [6.07, 6.45) is 6.07. The molecule has 0 bridgehead atoms. The molecular formula is C24H32ClN5O3S. The maximum Gasteiger partial charge on any atom is 0.225 e. The summed E-state index contributed by atoms with van der Waals surface area (Å²) in [7, 11) is -3.11. The Morgan fingerprint density at radius 2 is 1.74 bits per heavy atom. The maximum absolute atomic E-state index is 11.7. The van der Waals surface area contributed by atoms with Gasteiger partial charge in [-0.1, -0.05) is 24.6 Å². The van der Waals surface area contributed by atoms with E-state index in [4.69, 9.17) is 16.3 Å². The standard InChI is InChI=1S/C24H32ClN5O3S/c1-3-17-11-26-24(27-12-17)29-14-19-20(15-29)21(19)16-33-23-5-4-18(10-22(23)25)13-28-6-8-30(9-7-28)34(2,31)32/h4-5,10-12,19-21H,3,6-9,13-16H2,1-2H3/t19-,20?,21+/m1/s1. The number of ether oxygens (including phenoxy) is 1. The molecule has 0 radical (unpaired) electrons. The lowest BCUT2D eigenvalue weighted by Gasteiger charge is -2.33.